The molecule has 0 N–H and O–H groups in total. The van der Waals surface area contributed by atoms with Crippen molar-refractivity contribution in [1.82, 2.24) is 9.80 Å². The minimum Gasteiger partial charge on any atom is -0.491 e. The van der Waals surface area contributed by atoms with Gasteiger partial charge >= 0.3 is 0 Å². The number of hydrogen-bond acceptors (Lipinski definition) is 4. The van der Waals surface area contributed by atoms with Crippen molar-refractivity contribution in [1.29, 1.82) is 0 Å². The summed E-state index contributed by atoms with van der Waals surface area (Å²) in [4.78, 5) is 29.4. The summed E-state index contributed by atoms with van der Waals surface area (Å²) in [5.41, 5.74) is 2.59. The Hall–Kier alpha value is -3.02. The SMILES string of the molecule is Cc1cccc(OCC(=O)N2Cc3cc(C(=O)N4CCCC4)ccc3OC[C@@H]2C)c1. The van der Waals surface area contributed by atoms with Crippen LogP contribution in [0.4, 0.5) is 0 Å². The van der Waals surface area contributed by atoms with Gasteiger partial charge in [-0.15, -0.1) is 0 Å². The second-order valence-corrected chi connectivity index (χ2v) is 8.11. The second kappa shape index (κ2) is 8.78. The molecule has 2 amide bonds. The van der Waals surface area contributed by atoms with E-state index in [-0.39, 0.29) is 24.5 Å². The lowest BCUT2D eigenvalue weighted by atomic mass is 10.1. The van der Waals surface area contributed by atoms with E-state index in [0.717, 1.165) is 42.8 Å². The van der Waals surface area contributed by atoms with Crippen molar-refractivity contribution in [3.8, 4) is 11.5 Å². The molecule has 30 heavy (non-hydrogen) atoms. The predicted molar refractivity (Wildman–Crippen MR) is 114 cm³/mol. The molecule has 0 bridgehead atoms. The number of benzene rings is 2. The van der Waals surface area contributed by atoms with Crippen LogP contribution in [0.25, 0.3) is 0 Å². The molecule has 0 saturated carbocycles. The topological polar surface area (TPSA) is 59.1 Å². The zero-order valence-electron chi connectivity index (χ0n) is 17.6. The molecule has 1 fully saturated rings. The van der Waals surface area contributed by atoms with E-state index in [0.29, 0.717) is 24.5 Å². The summed E-state index contributed by atoms with van der Waals surface area (Å²) >= 11 is 0. The zero-order valence-corrected chi connectivity index (χ0v) is 17.6. The lowest BCUT2D eigenvalue weighted by Crippen LogP contribution is -2.42. The highest BCUT2D eigenvalue weighted by Crippen LogP contribution is 2.27. The molecule has 4 rings (SSSR count). The van der Waals surface area contributed by atoms with E-state index in [1.165, 1.54) is 0 Å². The normalized spacial score (nSPS) is 18.4. The smallest absolute Gasteiger partial charge is 0.261 e. The van der Waals surface area contributed by atoms with Crippen molar-refractivity contribution in [3.63, 3.8) is 0 Å². The molecule has 1 saturated heterocycles. The highest BCUT2D eigenvalue weighted by Gasteiger charge is 2.27. The Bertz CT molecular complexity index is 937. The number of aryl methyl sites for hydroxylation is 1. The fourth-order valence-electron chi connectivity index (χ4n) is 3.99. The first-order chi connectivity index (χ1) is 14.5. The molecule has 2 aliphatic heterocycles. The Morgan fingerprint density at radius 1 is 1.13 bits per heavy atom. The number of carbonyl (C=O) groups excluding carboxylic acids is 2. The highest BCUT2D eigenvalue weighted by atomic mass is 16.5. The molecule has 6 nitrogen and oxygen atoms in total. The van der Waals surface area contributed by atoms with Gasteiger partial charge in [0.25, 0.3) is 11.8 Å². The van der Waals surface area contributed by atoms with Crippen molar-refractivity contribution in [3.05, 3.63) is 59.2 Å². The van der Waals surface area contributed by atoms with Crippen LogP contribution in [0.5, 0.6) is 11.5 Å². The third kappa shape index (κ3) is 4.42. The maximum atomic E-state index is 12.9. The van der Waals surface area contributed by atoms with E-state index >= 15 is 0 Å². The molecule has 0 aliphatic carbocycles. The van der Waals surface area contributed by atoms with Crippen LogP contribution in [0.15, 0.2) is 42.5 Å². The summed E-state index contributed by atoms with van der Waals surface area (Å²) in [6.07, 6.45) is 2.11. The minimum atomic E-state index is -0.100. The quantitative estimate of drug-likeness (QED) is 0.778. The molecule has 2 aliphatic rings. The monoisotopic (exact) mass is 408 g/mol. The standard InChI is InChI=1S/C24H28N2O4/c1-17-6-5-7-21(12-17)29-16-23(27)26-14-20-13-19(24(28)25-10-3-4-11-25)8-9-22(20)30-15-18(26)2/h5-9,12-13,18H,3-4,10-11,14-16H2,1-2H3/t18-/m0/s1. The van der Waals surface area contributed by atoms with Crippen molar-refractivity contribution < 1.29 is 19.1 Å². The zero-order chi connectivity index (χ0) is 21.1. The lowest BCUT2D eigenvalue weighted by molar-refractivity contribution is -0.136. The van der Waals surface area contributed by atoms with Gasteiger partial charge in [-0.1, -0.05) is 12.1 Å². The fraction of sp³-hybridized carbons (Fsp3) is 0.417. The predicted octanol–water partition coefficient (Wildman–Crippen LogP) is 3.42. The molecular weight excluding hydrogens is 380 g/mol. The number of amides is 2. The van der Waals surface area contributed by atoms with Gasteiger partial charge in [-0.25, -0.2) is 0 Å². The Morgan fingerprint density at radius 2 is 1.93 bits per heavy atom. The van der Waals surface area contributed by atoms with Crippen LogP contribution >= 0.6 is 0 Å². The summed E-state index contributed by atoms with van der Waals surface area (Å²) in [5.74, 6) is 1.36. The minimum absolute atomic E-state index is 0.0322. The average molecular weight is 408 g/mol. The first kappa shape index (κ1) is 20.3. The van der Waals surface area contributed by atoms with Crippen LogP contribution < -0.4 is 9.47 Å². The number of carbonyl (C=O) groups is 2. The van der Waals surface area contributed by atoms with Crippen LogP contribution in [0, 0.1) is 6.92 Å². The Labute approximate surface area is 177 Å². The summed E-state index contributed by atoms with van der Waals surface area (Å²) in [5, 5.41) is 0. The van der Waals surface area contributed by atoms with Crippen molar-refractivity contribution in [2.75, 3.05) is 26.3 Å². The van der Waals surface area contributed by atoms with Crippen LogP contribution in [0.1, 0.15) is 41.3 Å². The van der Waals surface area contributed by atoms with Crippen LogP contribution in [-0.4, -0.2) is 54.0 Å². The van der Waals surface area contributed by atoms with E-state index in [9.17, 15) is 9.59 Å². The van der Waals surface area contributed by atoms with Crippen molar-refractivity contribution in [2.45, 2.75) is 39.3 Å². The van der Waals surface area contributed by atoms with Gasteiger partial charge in [0.2, 0.25) is 0 Å². The molecule has 158 valence electrons. The second-order valence-electron chi connectivity index (χ2n) is 8.11. The first-order valence-electron chi connectivity index (χ1n) is 10.6. The molecule has 0 aromatic heterocycles. The summed E-state index contributed by atoms with van der Waals surface area (Å²) in [6.45, 7) is 6.34. The van der Waals surface area contributed by atoms with E-state index in [1.807, 2.05) is 61.2 Å². The largest absolute Gasteiger partial charge is 0.491 e. The third-order valence-electron chi connectivity index (χ3n) is 5.73. The molecule has 0 spiro atoms. The average Bonchev–Trinajstić information content (AvgIpc) is 3.23. The van der Waals surface area contributed by atoms with Gasteiger partial charge < -0.3 is 19.3 Å². The number of likely N-dealkylation sites (tertiary alicyclic amines) is 1. The Kier molecular flexibility index (Phi) is 5.93. The van der Waals surface area contributed by atoms with Crippen LogP contribution in [0.3, 0.4) is 0 Å². The molecule has 2 aromatic carbocycles. The summed E-state index contributed by atoms with van der Waals surface area (Å²) in [7, 11) is 0. The van der Waals surface area contributed by atoms with Gasteiger partial charge in [-0.3, -0.25) is 9.59 Å². The first-order valence-corrected chi connectivity index (χ1v) is 10.6. The van der Waals surface area contributed by atoms with Crippen LogP contribution in [0.2, 0.25) is 0 Å². The Balaban J connectivity index is 1.48. The number of fused-ring (bicyclic) bond motifs is 1. The van der Waals surface area contributed by atoms with Crippen LogP contribution in [-0.2, 0) is 11.3 Å². The van der Waals surface area contributed by atoms with Gasteiger partial charge in [0.1, 0.15) is 18.1 Å². The molecule has 0 radical (unpaired) electrons. The summed E-state index contributed by atoms with van der Waals surface area (Å²) in [6, 6.07) is 13.1. The van der Waals surface area contributed by atoms with Gasteiger partial charge in [-0.2, -0.15) is 0 Å². The number of rotatable bonds is 4. The van der Waals surface area contributed by atoms with Crippen molar-refractivity contribution >= 4 is 11.8 Å². The fourth-order valence-corrected chi connectivity index (χ4v) is 3.99. The van der Waals surface area contributed by atoms with Gasteiger partial charge in [0, 0.05) is 30.8 Å². The van der Waals surface area contributed by atoms with E-state index in [1.54, 1.807) is 4.90 Å². The van der Waals surface area contributed by atoms with E-state index < -0.39 is 0 Å². The van der Waals surface area contributed by atoms with Gasteiger partial charge in [-0.05, 0) is 62.6 Å². The maximum absolute atomic E-state index is 12.9. The molecule has 2 heterocycles. The van der Waals surface area contributed by atoms with Crippen molar-refractivity contribution in [2.24, 2.45) is 0 Å². The number of ether oxygens (including phenoxy) is 2. The molecule has 6 heteroatoms. The highest BCUT2D eigenvalue weighted by molar-refractivity contribution is 5.94. The number of nitrogens with zero attached hydrogens (tertiary/aromatic N) is 2. The molecule has 0 unspecified atom stereocenters. The maximum Gasteiger partial charge on any atom is 0.261 e. The lowest BCUT2D eigenvalue weighted by Gasteiger charge is -2.26. The Morgan fingerprint density at radius 3 is 2.70 bits per heavy atom. The van der Waals surface area contributed by atoms with Gasteiger partial charge in [0.05, 0.1) is 6.04 Å². The summed E-state index contributed by atoms with van der Waals surface area (Å²) < 4.78 is 11.6. The molecule has 2 aromatic rings. The third-order valence-corrected chi connectivity index (χ3v) is 5.73. The van der Waals surface area contributed by atoms with Gasteiger partial charge in [0.15, 0.2) is 6.61 Å². The van der Waals surface area contributed by atoms with E-state index in [4.69, 9.17) is 9.47 Å². The molecule has 1 atom stereocenters. The van der Waals surface area contributed by atoms with E-state index in [2.05, 4.69) is 0 Å². The molecular formula is C24H28N2O4. The number of hydrogen-bond donors (Lipinski definition) is 0.